The van der Waals surface area contributed by atoms with E-state index in [-0.39, 0.29) is 24.3 Å². The molecule has 1 aliphatic rings. The minimum absolute atomic E-state index is 0.0330. The first-order valence-electron chi connectivity index (χ1n) is 7.86. The van der Waals surface area contributed by atoms with E-state index in [1.54, 1.807) is 35.1 Å². The molecule has 0 aliphatic carbocycles. The molecule has 0 saturated carbocycles. The number of rotatable bonds is 3. The zero-order valence-corrected chi connectivity index (χ0v) is 14.3. The molecule has 1 N–H and O–H groups in total. The molecule has 1 fully saturated rings. The highest BCUT2D eigenvalue weighted by atomic mass is 16.2. The third kappa shape index (κ3) is 2.77. The molecule has 0 aromatic carbocycles. The van der Waals surface area contributed by atoms with Crippen molar-refractivity contribution in [1.82, 2.24) is 19.7 Å². The van der Waals surface area contributed by atoms with Gasteiger partial charge >= 0.3 is 0 Å². The Morgan fingerprint density at radius 2 is 2.08 bits per heavy atom. The normalized spacial score (nSPS) is 20.5. The van der Waals surface area contributed by atoms with Gasteiger partial charge in [0.1, 0.15) is 0 Å². The Balaban J connectivity index is 1.88. The molecule has 0 bridgehead atoms. The van der Waals surface area contributed by atoms with E-state index in [4.69, 9.17) is 0 Å². The van der Waals surface area contributed by atoms with Gasteiger partial charge in [0.05, 0.1) is 18.2 Å². The maximum Gasteiger partial charge on any atom is 0.230 e. The number of carbonyl (C=O) groups is 2. The quantitative estimate of drug-likeness (QED) is 0.928. The fourth-order valence-electron chi connectivity index (χ4n) is 3.19. The van der Waals surface area contributed by atoms with Crippen molar-refractivity contribution < 1.29 is 9.59 Å². The van der Waals surface area contributed by atoms with E-state index in [0.717, 1.165) is 17.0 Å². The first-order chi connectivity index (χ1) is 11.4. The predicted molar refractivity (Wildman–Crippen MR) is 89.2 cm³/mol. The van der Waals surface area contributed by atoms with Gasteiger partial charge in [-0.25, -0.2) is 0 Å². The van der Waals surface area contributed by atoms with Crippen LogP contribution in [0.5, 0.6) is 0 Å². The van der Waals surface area contributed by atoms with Crippen molar-refractivity contribution >= 4 is 17.5 Å². The number of pyridine rings is 1. The van der Waals surface area contributed by atoms with Crippen molar-refractivity contribution in [3.05, 3.63) is 41.5 Å². The van der Waals surface area contributed by atoms with Crippen LogP contribution in [0.25, 0.3) is 0 Å². The third-order valence-electron chi connectivity index (χ3n) is 4.68. The highest BCUT2D eigenvalue weighted by molar-refractivity contribution is 5.97. The number of hydrogen-bond donors (Lipinski definition) is 1. The summed E-state index contributed by atoms with van der Waals surface area (Å²) in [7, 11) is 3.59. The molecule has 0 unspecified atom stereocenters. The van der Waals surface area contributed by atoms with Gasteiger partial charge in [-0.15, -0.1) is 0 Å². The summed E-state index contributed by atoms with van der Waals surface area (Å²) in [6, 6.07) is 3.26. The molecule has 1 saturated heterocycles. The number of amides is 2. The Labute approximate surface area is 140 Å². The van der Waals surface area contributed by atoms with Crippen molar-refractivity contribution in [2.45, 2.75) is 26.3 Å². The summed E-state index contributed by atoms with van der Waals surface area (Å²) in [6.07, 6.45) is 3.59. The molecule has 3 rings (SSSR count). The van der Waals surface area contributed by atoms with Crippen LogP contribution in [-0.4, -0.2) is 38.5 Å². The molecule has 0 spiro atoms. The second-order valence-corrected chi connectivity index (χ2v) is 6.24. The summed E-state index contributed by atoms with van der Waals surface area (Å²) >= 11 is 0. The van der Waals surface area contributed by atoms with Gasteiger partial charge in [0.2, 0.25) is 11.8 Å². The molecule has 2 atom stereocenters. The largest absolute Gasteiger partial charge is 0.338 e. The van der Waals surface area contributed by atoms with Gasteiger partial charge in [-0.05, 0) is 26.0 Å². The highest BCUT2D eigenvalue weighted by Gasteiger charge is 2.44. The molecule has 3 heterocycles. The molecule has 7 heteroatoms. The van der Waals surface area contributed by atoms with Gasteiger partial charge in [-0.3, -0.25) is 19.3 Å². The molecule has 7 nitrogen and oxygen atoms in total. The Kier molecular flexibility index (Phi) is 4.09. The number of hydrogen-bond acceptors (Lipinski definition) is 4. The van der Waals surface area contributed by atoms with E-state index in [9.17, 15) is 9.59 Å². The van der Waals surface area contributed by atoms with Crippen LogP contribution in [-0.2, 0) is 16.6 Å². The molecule has 1 aliphatic heterocycles. The summed E-state index contributed by atoms with van der Waals surface area (Å²) in [6.45, 7) is 3.81. The third-order valence-corrected chi connectivity index (χ3v) is 4.68. The van der Waals surface area contributed by atoms with E-state index in [2.05, 4.69) is 15.4 Å². The van der Waals surface area contributed by atoms with Crippen molar-refractivity contribution in [2.24, 2.45) is 13.0 Å². The number of aromatic nitrogens is 3. The van der Waals surface area contributed by atoms with Gasteiger partial charge in [0, 0.05) is 49.4 Å². The minimum atomic E-state index is -0.445. The van der Waals surface area contributed by atoms with E-state index >= 15 is 0 Å². The Morgan fingerprint density at radius 3 is 2.71 bits per heavy atom. The van der Waals surface area contributed by atoms with Crippen LogP contribution in [0.3, 0.4) is 0 Å². The maximum absolute atomic E-state index is 12.8. The van der Waals surface area contributed by atoms with E-state index in [1.165, 1.54) is 0 Å². The van der Waals surface area contributed by atoms with E-state index < -0.39 is 5.92 Å². The van der Waals surface area contributed by atoms with E-state index in [1.807, 2.05) is 27.0 Å². The second-order valence-electron chi connectivity index (χ2n) is 6.24. The number of nitrogens with zero attached hydrogens (tertiary/aromatic N) is 4. The summed E-state index contributed by atoms with van der Waals surface area (Å²) in [5.74, 6) is -0.639. The molecule has 126 valence electrons. The fourth-order valence-corrected chi connectivity index (χ4v) is 3.19. The molecule has 0 radical (unpaired) electrons. The minimum Gasteiger partial charge on any atom is -0.338 e. The topological polar surface area (TPSA) is 80.1 Å². The van der Waals surface area contributed by atoms with Crippen LogP contribution in [0.1, 0.15) is 29.4 Å². The van der Waals surface area contributed by atoms with Gasteiger partial charge in [-0.2, -0.15) is 5.10 Å². The summed E-state index contributed by atoms with van der Waals surface area (Å²) < 4.78 is 1.76. The molecular formula is C17H21N5O2. The van der Waals surface area contributed by atoms with E-state index in [0.29, 0.717) is 5.69 Å². The van der Waals surface area contributed by atoms with Crippen LogP contribution in [0.2, 0.25) is 0 Å². The first-order valence-corrected chi connectivity index (χ1v) is 7.86. The Hall–Kier alpha value is -2.70. The van der Waals surface area contributed by atoms with Crippen LogP contribution in [0, 0.1) is 19.8 Å². The predicted octanol–water partition coefficient (Wildman–Crippen LogP) is 1.59. The molecule has 2 aromatic rings. The SMILES string of the molecule is Cc1cc(NC(=O)[C@H]2CC(=O)N(C)[C@@H]2c2cnn(C)c2C)ccn1. The average molecular weight is 327 g/mol. The fraction of sp³-hybridized carbons (Fsp3) is 0.412. The maximum atomic E-state index is 12.8. The van der Waals surface area contributed by atoms with Crippen molar-refractivity contribution in [2.75, 3.05) is 12.4 Å². The summed E-state index contributed by atoms with van der Waals surface area (Å²) in [5, 5.41) is 7.16. The molecular weight excluding hydrogens is 306 g/mol. The zero-order valence-electron chi connectivity index (χ0n) is 14.3. The number of nitrogens with one attached hydrogen (secondary N) is 1. The van der Waals surface area contributed by atoms with Crippen molar-refractivity contribution in [1.29, 1.82) is 0 Å². The standard InChI is InChI=1S/C17H21N5O2/c1-10-7-12(5-6-18-10)20-17(24)13-8-15(23)21(3)16(13)14-9-19-22(4)11(14)2/h5-7,9,13,16H,8H2,1-4H3,(H,18,20,24)/t13-,16-/m0/s1. The van der Waals surface area contributed by atoms with Crippen LogP contribution < -0.4 is 5.32 Å². The van der Waals surface area contributed by atoms with Gasteiger partial charge < -0.3 is 10.2 Å². The highest BCUT2D eigenvalue weighted by Crippen LogP contribution is 2.38. The van der Waals surface area contributed by atoms with Gasteiger partial charge in [0.25, 0.3) is 0 Å². The van der Waals surface area contributed by atoms with Gasteiger partial charge in [0.15, 0.2) is 0 Å². The summed E-state index contributed by atoms with van der Waals surface area (Å²) in [5.41, 5.74) is 3.39. The number of aryl methyl sites for hydroxylation is 2. The Bertz CT molecular complexity index is 798. The zero-order chi connectivity index (χ0) is 17.4. The monoisotopic (exact) mass is 327 g/mol. The Morgan fingerprint density at radius 1 is 1.33 bits per heavy atom. The number of likely N-dealkylation sites (tertiary alicyclic amines) is 1. The van der Waals surface area contributed by atoms with Gasteiger partial charge in [-0.1, -0.05) is 0 Å². The molecule has 2 amide bonds. The second kappa shape index (κ2) is 6.07. The lowest BCUT2D eigenvalue weighted by Crippen LogP contribution is -2.30. The van der Waals surface area contributed by atoms with Crippen LogP contribution >= 0.6 is 0 Å². The smallest absolute Gasteiger partial charge is 0.230 e. The van der Waals surface area contributed by atoms with Crippen molar-refractivity contribution in [3.63, 3.8) is 0 Å². The lowest BCUT2D eigenvalue weighted by molar-refractivity contribution is -0.127. The first kappa shape index (κ1) is 16.2. The average Bonchev–Trinajstić information content (AvgIpc) is 3.00. The lowest BCUT2D eigenvalue weighted by Gasteiger charge is -2.24. The number of anilines is 1. The van der Waals surface area contributed by atoms with Crippen molar-refractivity contribution in [3.8, 4) is 0 Å². The number of carbonyl (C=O) groups excluding carboxylic acids is 2. The molecule has 24 heavy (non-hydrogen) atoms. The lowest BCUT2D eigenvalue weighted by atomic mass is 9.93. The van der Waals surface area contributed by atoms with Crippen LogP contribution in [0.15, 0.2) is 24.5 Å². The molecule has 2 aromatic heterocycles. The van der Waals surface area contributed by atoms with Crippen LogP contribution in [0.4, 0.5) is 5.69 Å². The summed E-state index contributed by atoms with van der Waals surface area (Å²) in [4.78, 5) is 30.8.